The molecule has 1 aliphatic rings. The first-order chi connectivity index (χ1) is 9.84. The van der Waals surface area contributed by atoms with Gasteiger partial charge in [0.25, 0.3) is 0 Å². The Labute approximate surface area is 124 Å². The van der Waals surface area contributed by atoms with Crippen LogP contribution in [-0.2, 0) is 14.8 Å². The Kier molecular flexibility index (Phi) is 4.63. The van der Waals surface area contributed by atoms with E-state index in [1.54, 1.807) is 12.1 Å². The number of nitrogens with zero attached hydrogens (tertiary/aromatic N) is 1. The van der Waals surface area contributed by atoms with E-state index in [0.717, 1.165) is 5.56 Å². The lowest BCUT2D eigenvalue weighted by molar-refractivity contribution is -0.121. The minimum absolute atomic E-state index is 0.0877. The highest BCUT2D eigenvalue weighted by molar-refractivity contribution is 7.89. The number of aryl methyl sites for hydroxylation is 1. The molecule has 0 spiro atoms. The summed E-state index contributed by atoms with van der Waals surface area (Å²) in [6.07, 6.45) is 1.05. The molecule has 0 bridgehead atoms. The average Bonchev–Trinajstić information content (AvgIpc) is 2.44. The molecule has 1 fully saturated rings. The van der Waals surface area contributed by atoms with Crippen LogP contribution in [0.5, 0.6) is 0 Å². The zero-order valence-electron chi connectivity index (χ0n) is 12.1. The summed E-state index contributed by atoms with van der Waals surface area (Å²) in [4.78, 5) is 13.7. The van der Waals surface area contributed by atoms with Gasteiger partial charge in [-0.15, -0.1) is 0 Å². The quantitative estimate of drug-likeness (QED) is 0.917. The maximum absolute atomic E-state index is 13.9. The molecular weight excluding hydrogens is 295 g/mol. The Morgan fingerprint density at radius 2 is 2.14 bits per heavy atom. The second kappa shape index (κ2) is 6.11. The summed E-state index contributed by atoms with van der Waals surface area (Å²) in [5, 5.41) is 0. The lowest BCUT2D eigenvalue weighted by Gasteiger charge is -2.32. The lowest BCUT2D eigenvalue weighted by Crippen LogP contribution is -2.52. The van der Waals surface area contributed by atoms with Crippen molar-refractivity contribution < 1.29 is 17.6 Å². The number of piperidine rings is 1. The summed E-state index contributed by atoms with van der Waals surface area (Å²) in [6, 6.07) is 3.73. The number of rotatable bonds is 4. The molecule has 21 heavy (non-hydrogen) atoms. The molecule has 7 heteroatoms. The number of nitrogens with one attached hydrogen (secondary N) is 1. The topological polar surface area (TPSA) is 66.5 Å². The van der Waals surface area contributed by atoms with E-state index >= 15 is 0 Å². The van der Waals surface area contributed by atoms with Crippen molar-refractivity contribution in [2.75, 3.05) is 17.2 Å². The molecule has 1 aromatic carbocycles. The van der Waals surface area contributed by atoms with Crippen LogP contribution in [0.4, 0.5) is 10.1 Å². The molecule has 116 valence electrons. The van der Waals surface area contributed by atoms with Gasteiger partial charge in [0.15, 0.2) is 0 Å². The summed E-state index contributed by atoms with van der Waals surface area (Å²) in [5.41, 5.74) is 1.05. The molecule has 1 aliphatic heterocycles. The molecule has 2 rings (SSSR count). The molecule has 1 saturated heterocycles. The predicted octanol–water partition coefficient (Wildman–Crippen LogP) is 1.57. The van der Waals surface area contributed by atoms with Crippen LogP contribution in [0.1, 0.15) is 25.3 Å². The Bertz CT molecular complexity index is 646. The van der Waals surface area contributed by atoms with Crippen LogP contribution >= 0.6 is 0 Å². The van der Waals surface area contributed by atoms with Gasteiger partial charge in [-0.25, -0.2) is 17.5 Å². The number of carbonyl (C=O) groups is 1. The Hall–Kier alpha value is -1.47. The number of amides is 1. The third-order valence-corrected chi connectivity index (χ3v) is 4.94. The molecule has 1 N–H and O–H groups in total. The van der Waals surface area contributed by atoms with Gasteiger partial charge in [0.1, 0.15) is 11.9 Å². The predicted molar refractivity (Wildman–Crippen MR) is 79.1 cm³/mol. The van der Waals surface area contributed by atoms with Crippen LogP contribution in [0.3, 0.4) is 0 Å². The molecule has 1 heterocycles. The zero-order chi connectivity index (χ0) is 15.6. The maximum Gasteiger partial charge on any atom is 0.245 e. The van der Waals surface area contributed by atoms with Crippen molar-refractivity contribution in [3.05, 3.63) is 29.6 Å². The highest BCUT2D eigenvalue weighted by Crippen LogP contribution is 2.25. The molecule has 0 aliphatic carbocycles. The van der Waals surface area contributed by atoms with Crippen molar-refractivity contribution in [1.82, 2.24) is 4.72 Å². The number of hydrogen-bond donors (Lipinski definition) is 1. The second-order valence-electron chi connectivity index (χ2n) is 5.16. The first-order valence-electron chi connectivity index (χ1n) is 6.91. The molecule has 0 radical (unpaired) electrons. The van der Waals surface area contributed by atoms with Gasteiger partial charge in [-0.2, -0.15) is 0 Å². The number of halogens is 1. The number of carbonyl (C=O) groups excluding carboxylic acids is 1. The number of sulfonamides is 1. The van der Waals surface area contributed by atoms with Crippen molar-refractivity contribution in [1.29, 1.82) is 0 Å². The fraction of sp³-hybridized carbons (Fsp3) is 0.500. The summed E-state index contributed by atoms with van der Waals surface area (Å²) < 4.78 is 39.6. The van der Waals surface area contributed by atoms with Crippen molar-refractivity contribution in [3.63, 3.8) is 0 Å². The van der Waals surface area contributed by atoms with E-state index in [-0.39, 0.29) is 11.4 Å². The van der Waals surface area contributed by atoms with Gasteiger partial charge in [0.05, 0.1) is 11.4 Å². The van der Waals surface area contributed by atoms with E-state index in [9.17, 15) is 17.6 Å². The van der Waals surface area contributed by atoms with Crippen LogP contribution in [-0.4, -0.2) is 32.7 Å². The van der Waals surface area contributed by atoms with Crippen molar-refractivity contribution in [2.24, 2.45) is 0 Å². The van der Waals surface area contributed by atoms with Gasteiger partial charge in [0.2, 0.25) is 15.9 Å². The standard InChI is InChI=1S/C14H19FN2O3S/c1-3-21(19,20)16-12-5-4-8-17(14(12)18)13-9-10(2)6-7-11(13)15/h6-7,9,12,16H,3-5,8H2,1-2H3/t12-/m1/s1. The summed E-state index contributed by atoms with van der Waals surface area (Å²) >= 11 is 0. The smallest absolute Gasteiger partial charge is 0.245 e. The van der Waals surface area contributed by atoms with E-state index < -0.39 is 27.8 Å². The monoisotopic (exact) mass is 314 g/mol. The van der Waals surface area contributed by atoms with Crippen LogP contribution in [0, 0.1) is 12.7 Å². The van der Waals surface area contributed by atoms with E-state index in [1.165, 1.54) is 17.9 Å². The van der Waals surface area contributed by atoms with Crippen LogP contribution in [0.15, 0.2) is 18.2 Å². The minimum atomic E-state index is -3.47. The molecule has 1 aromatic rings. The Morgan fingerprint density at radius 1 is 1.43 bits per heavy atom. The van der Waals surface area contributed by atoms with E-state index in [4.69, 9.17) is 0 Å². The average molecular weight is 314 g/mol. The first-order valence-corrected chi connectivity index (χ1v) is 8.57. The van der Waals surface area contributed by atoms with Gasteiger partial charge in [-0.1, -0.05) is 6.07 Å². The van der Waals surface area contributed by atoms with Crippen molar-refractivity contribution in [2.45, 2.75) is 32.7 Å². The first kappa shape index (κ1) is 15.9. The molecule has 0 aromatic heterocycles. The van der Waals surface area contributed by atoms with Crippen LogP contribution in [0.25, 0.3) is 0 Å². The van der Waals surface area contributed by atoms with E-state index in [1.807, 2.05) is 6.92 Å². The van der Waals surface area contributed by atoms with E-state index in [2.05, 4.69) is 4.72 Å². The summed E-state index contributed by atoms with van der Waals surface area (Å²) in [7, 11) is -3.47. The summed E-state index contributed by atoms with van der Waals surface area (Å²) in [5.74, 6) is -0.967. The van der Waals surface area contributed by atoms with Crippen LogP contribution < -0.4 is 9.62 Å². The van der Waals surface area contributed by atoms with Gasteiger partial charge in [-0.3, -0.25) is 4.79 Å². The third-order valence-electron chi connectivity index (χ3n) is 3.53. The molecule has 0 saturated carbocycles. The van der Waals surface area contributed by atoms with Crippen LogP contribution in [0.2, 0.25) is 0 Å². The number of hydrogen-bond acceptors (Lipinski definition) is 3. The SMILES string of the molecule is CCS(=O)(=O)N[C@@H]1CCCN(c2cc(C)ccc2F)C1=O. The molecular formula is C14H19FN2O3S. The third kappa shape index (κ3) is 3.59. The normalized spacial score (nSPS) is 19.9. The van der Waals surface area contributed by atoms with Gasteiger partial charge in [0, 0.05) is 6.54 Å². The number of anilines is 1. The molecule has 1 amide bonds. The lowest BCUT2D eigenvalue weighted by atomic mass is 10.0. The highest BCUT2D eigenvalue weighted by atomic mass is 32.2. The molecule has 5 nitrogen and oxygen atoms in total. The fourth-order valence-electron chi connectivity index (χ4n) is 2.35. The van der Waals surface area contributed by atoms with Gasteiger partial charge in [-0.05, 0) is 44.4 Å². The Morgan fingerprint density at radius 3 is 2.81 bits per heavy atom. The molecule has 1 atom stereocenters. The van der Waals surface area contributed by atoms with Crippen molar-refractivity contribution in [3.8, 4) is 0 Å². The maximum atomic E-state index is 13.9. The molecule has 0 unspecified atom stereocenters. The van der Waals surface area contributed by atoms with E-state index in [0.29, 0.717) is 19.4 Å². The zero-order valence-corrected chi connectivity index (χ0v) is 12.9. The minimum Gasteiger partial charge on any atom is -0.308 e. The Balaban J connectivity index is 2.26. The fourth-order valence-corrected chi connectivity index (χ4v) is 3.17. The highest BCUT2D eigenvalue weighted by Gasteiger charge is 2.33. The van der Waals surface area contributed by atoms with Gasteiger partial charge < -0.3 is 4.90 Å². The van der Waals surface area contributed by atoms with Crippen molar-refractivity contribution >= 4 is 21.6 Å². The van der Waals surface area contributed by atoms with Gasteiger partial charge >= 0.3 is 0 Å². The summed E-state index contributed by atoms with van der Waals surface area (Å²) in [6.45, 7) is 3.71. The number of benzene rings is 1. The second-order valence-corrected chi connectivity index (χ2v) is 7.20. The largest absolute Gasteiger partial charge is 0.308 e.